The van der Waals surface area contributed by atoms with Gasteiger partial charge in [0.25, 0.3) is 5.91 Å². The average molecular weight is 183 g/mol. The van der Waals surface area contributed by atoms with Gasteiger partial charge in [-0.25, -0.2) is 5.48 Å². The number of aromatic nitrogens is 2. The largest absolute Gasteiger partial charge is 0.278 e. The lowest BCUT2D eigenvalue weighted by Gasteiger charge is -2.02. The second-order valence-electron chi connectivity index (χ2n) is 2.63. The zero-order valence-corrected chi connectivity index (χ0v) is 8.00. The van der Waals surface area contributed by atoms with Crippen molar-refractivity contribution in [2.45, 2.75) is 13.8 Å². The van der Waals surface area contributed by atoms with Crippen LogP contribution in [0.25, 0.3) is 0 Å². The van der Waals surface area contributed by atoms with E-state index >= 15 is 0 Å². The molecule has 0 aromatic carbocycles. The number of rotatable bonds is 3. The van der Waals surface area contributed by atoms with Gasteiger partial charge in [0.2, 0.25) is 0 Å². The molecule has 0 fully saturated rings. The van der Waals surface area contributed by atoms with Crippen molar-refractivity contribution >= 4 is 5.91 Å². The SMILES string of the molecule is CCONC(=O)c1cnn(C)c1C. The van der Waals surface area contributed by atoms with E-state index in [1.54, 1.807) is 18.7 Å². The minimum atomic E-state index is -0.257. The summed E-state index contributed by atoms with van der Waals surface area (Å²) >= 11 is 0. The maximum atomic E-state index is 11.3. The van der Waals surface area contributed by atoms with Crippen LogP contribution in [0.4, 0.5) is 0 Å². The predicted octanol–water partition coefficient (Wildman–Crippen LogP) is 0.410. The van der Waals surface area contributed by atoms with Crippen molar-refractivity contribution in [1.29, 1.82) is 0 Å². The Hall–Kier alpha value is -1.36. The Bertz CT molecular complexity index is 306. The van der Waals surface area contributed by atoms with Gasteiger partial charge in [-0.3, -0.25) is 14.3 Å². The summed E-state index contributed by atoms with van der Waals surface area (Å²) in [7, 11) is 1.78. The molecule has 72 valence electrons. The topological polar surface area (TPSA) is 56.1 Å². The van der Waals surface area contributed by atoms with Crippen molar-refractivity contribution in [3.63, 3.8) is 0 Å². The first-order valence-electron chi connectivity index (χ1n) is 4.07. The predicted molar refractivity (Wildman–Crippen MR) is 47.0 cm³/mol. The molecule has 5 heteroatoms. The van der Waals surface area contributed by atoms with Crippen LogP contribution in [0.1, 0.15) is 23.0 Å². The number of nitrogens with zero attached hydrogens (tertiary/aromatic N) is 2. The Labute approximate surface area is 76.6 Å². The highest BCUT2D eigenvalue weighted by atomic mass is 16.6. The van der Waals surface area contributed by atoms with Gasteiger partial charge in [0.1, 0.15) is 0 Å². The summed E-state index contributed by atoms with van der Waals surface area (Å²) in [5.74, 6) is -0.257. The highest BCUT2D eigenvalue weighted by molar-refractivity contribution is 5.94. The molecule has 0 saturated carbocycles. The maximum Gasteiger partial charge on any atom is 0.278 e. The van der Waals surface area contributed by atoms with Crippen molar-refractivity contribution in [2.75, 3.05) is 6.61 Å². The highest BCUT2D eigenvalue weighted by Gasteiger charge is 2.11. The Morgan fingerprint density at radius 1 is 1.77 bits per heavy atom. The minimum absolute atomic E-state index is 0.257. The summed E-state index contributed by atoms with van der Waals surface area (Å²) in [6.07, 6.45) is 1.52. The van der Waals surface area contributed by atoms with Crippen LogP contribution in [0, 0.1) is 6.92 Å². The van der Waals surface area contributed by atoms with Gasteiger partial charge < -0.3 is 0 Å². The van der Waals surface area contributed by atoms with Gasteiger partial charge in [-0.2, -0.15) is 5.10 Å². The first kappa shape index (κ1) is 9.73. The molecule has 1 aromatic rings. The summed E-state index contributed by atoms with van der Waals surface area (Å²) in [6.45, 7) is 4.08. The smallest absolute Gasteiger partial charge is 0.274 e. The van der Waals surface area contributed by atoms with E-state index in [1.807, 2.05) is 6.92 Å². The van der Waals surface area contributed by atoms with Crippen LogP contribution in [0.2, 0.25) is 0 Å². The van der Waals surface area contributed by atoms with Crippen LogP contribution in [-0.4, -0.2) is 22.3 Å². The Morgan fingerprint density at radius 2 is 2.46 bits per heavy atom. The molecule has 0 radical (unpaired) electrons. The zero-order chi connectivity index (χ0) is 9.84. The van der Waals surface area contributed by atoms with Gasteiger partial charge in [0.15, 0.2) is 0 Å². The van der Waals surface area contributed by atoms with Crippen molar-refractivity contribution in [3.05, 3.63) is 17.5 Å². The monoisotopic (exact) mass is 183 g/mol. The van der Waals surface area contributed by atoms with E-state index in [4.69, 9.17) is 4.84 Å². The van der Waals surface area contributed by atoms with Crippen molar-refractivity contribution in [1.82, 2.24) is 15.3 Å². The van der Waals surface area contributed by atoms with Crippen LogP contribution < -0.4 is 5.48 Å². The van der Waals surface area contributed by atoms with E-state index in [0.29, 0.717) is 12.2 Å². The lowest BCUT2D eigenvalue weighted by Crippen LogP contribution is -2.24. The minimum Gasteiger partial charge on any atom is -0.274 e. The van der Waals surface area contributed by atoms with E-state index in [0.717, 1.165) is 5.69 Å². The standard InChI is InChI=1S/C8H13N3O2/c1-4-13-10-8(12)7-5-9-11(3)6(7)2/h5H,4H2,1-3H3,(H,10,12). The third-order valence-corrected chi connectivity index (χ3v) is 1.79. The van der Waals surface area contributed by atoms with Crippen molar-refractivity contribution in [2.24, 2.45) is 7.05 Å². The number of carbonyl (C=O) groups excluding carboxylic acids is 1. The van der Waals surface area contributed by atoms with E-state index in [1.165, 1.54) is 6.20 Å². The number of hydrogen-bond donors (Lipinski definition) is 1. The summed E-state index contributed by atoms with van der Waals surface area (Å²) in [6, 6.07) is 0. The van der Waals surface area contributed by atoms with Crippen molar-refractivity contribution in [3.8, 4) is 0 Å². The zero-order valence-electron chi connectivity index (χ0n) is 8.00. The quantitative estimate of drug-likeness (QED) is 0.690. The molecule has 13 heavy (non-hydrogen) atoms. The molecule has 1 aromatic heterocycles. The molecular formula is C8H13N3O2. The third-order valence-electron chi connectivity index (χ3n) is 1.79. The lowest BCUT2D eigenvalue weighted by molar-refractivity contribution is 0.0364. The van der Waals surface area contributed by atoms with Gasteiger partial charge >= 0.3 is 0 Å². The number of hydrogen-bond acceptors (Lipinski definition) is 3. The molecule has 0 aliphatic rings. The van der Waals surface area contributed by atoms with Crippen molar-refractivity contribution < 1.29 is 9.63 Å². The maximum absolute atomic E-state index is 11.3. The van der Waals surface area contributed by atoms with Gasteiger partial charge in [-0.05, 0) is 13.8 Å². The van der Waals surface area contributed by atoms with Gasteiger partial charge in [0.05, 0.1) is 18.4 Å². The second kappa shape index (κ2) is 4.04. The summed E-state index contributed by atoms with van der Waals surface area (Å²) in [5, 5.41) is 3.95. The number of hydroxylamine groups is 1. The van der Waals surface area contributed by atoms with E-state index in [9.17, 15) is 4.79 Å². The second-order valence-corrected chi connectivity index (χ2v) is 2.63. The molecule has 1 amide bonds. The molecule has 0 atom stereocenters. The fourth-order valence-electron chi connectivity index (χ4n) is 0.914. The number of aryl methyl sites for hydroxylation is 1. The lowest BCUT2D eigenvalue weighted by atomic mass is 10.2. The molecule has 0 aliphatic carbocycles. The van der Waals surface area contributed by atoms with Crippen LogP contribution in [0.15, 0.2) is 6.20 Å². The van der Waals surface area contributed by atoms with Crippen LogP contribution in [0.5, 0.6) is 0 Å². The Kier molecular flexibility index (Phi) is 3.02. The van der Waals surface area contributed by atoms with Crippen LogP contribution >= 0.6 is 0 Å². The molecule has 1 N–H and O–H groups in total. The summed E-state index contributed by atoms with van der Waals surface area (Å²) in [5.41, 5.74) is 3.67. The van der Waals surface area contributed by atoms with Crippen LogP contribution in [-0.2, 0) is 11.9 Å². The number of nitrogens with one attached hydrogen (secondary N) is 1. The van der Waals surface area contributed by atoms with Crippen LogP contribution in [0.3, 0.4) is 0 Å². The Balaban J connectivity index is 2.71. The normalized spacial score (nSPS) is 10.1. The molecule has 0 saturated heterocycles. The Morgan fingerprint density at radius 3 is 2.92 bits per heavy atom. The first-order valence-corrected chi connectivity index (χ1v) is 4.07. The fraction of sp³-hybridized carbons (Fsp3) is 0.500. The molecule has 0 aliphatic heterocycles. The van der Waals surface area contributed by atoms with Gasteiger partial charge in [-0.1, -0.05) is 0 Å². The molecular weight excluding hydrogens is 170 g/mol. The summed E-state index contributed by atoms with van der Waals surface area (Å²) < 4.78 is 1.64. The molecule has 0 unspecified atom stereocenters. The first-order chi connectivity index (χ1) is 6.16. The third kappa shape index (κ3) is 2.06. The molecule has 0 bridgehead atoms. The average Bonchev–Trinajstić information content (AvgIpc) is 2.44. The summed E-state index contributed by atoms with van der Waals surface area (Å²) in [4.78, 5) is 16.1. The molecule has 5 nitrogen and oxygen atoms in total. The molecule has 1 heterocycles. The van der Waals surface area contributed by atoms with E-state index in [2.05, 4.69) is 10.6 Å². The molecule has 0 spiro atoms. The van der Waals surface area contributed by atoms with E-state index < -0.39 is 0 Å². The van der Waals surface area contributed by atoms with Gasteiger partial charge in [-0.15, -0.1) is 0 Å². The fourth-order valence-corrected chi connectivity index (χ4v) is 0.914. The van der Waals surface area contributed by atoms with Gasteiger partial charge in [0, 0.05) is 12.7 Å². The molecule has 1 rings (SSSR count). The van der Waals surface area contributed by atoms with E-state index in [-0.39, 0.29) is 5.91 Å². The highest BCUT2D eigenvalue weighted by Crippen LogP contribution is 2.04. The number of amides is 1. The number of carbonyl (C=O) groups is 1.